The number of carbonyl (C=O) groups is 1. The second-order valence-corrected chi connectivity index (χ2v) is 4.06. The summed E-state index contributed by atoms with van der Waals surface area (Å²) in [5.41, 5.74) is 1.59. The van der Waals surface area contributed by atoms with Crippen LogP contribution in [0.4, 0.5) is 5.69 Å². The Kier molecular flexibility index (Phi) is 5.85. The van der Waals surface area contributed by atoms with Crippen molar-refractivity contribution in [2.45, 2.75) is 13.8 Å². The number of hydrogen-bond acceptors (Lipinski definition) is 4. The van der Waals surface area contributed by atoms with Gasteiger partial charge in [-0.15, -0.1) is 0 Å². The average molecular weight is 263 g/mol. The Hall–Kier alpha value is -2.04. The summed E-state index contributed by atoms with van der Waals surface area (Å²) in [5, 5.41) is 12.4. The number of carbonyl (C=O) groups excluding carboxylic acids is 1. The smallest absolute Gasteiger partial charge is 0.241 e. The molecule has 104 valence electrons. The summed E-state index contributed by atoms with van der Waals surface area (Å²) in [6, 6.07) is 5.46. The quantitative estimate of drug-likeness (QED) is 0.763. The van der Waals surface area contributed by atoms with Crippen LogP contribution >= 0.6 is 0 Å². The number of rotatable bonds is 6. The first-order valence-corrected chi connectivity index (χ1v) is 6.40. The minimum atomic E-state index is -0.157. The molecule has 0 saturated heterocycles. The largest absolute Gasteiger partial charge is 0.507 e. The van der Waals surface area contributed by atoms with Crippen molar-refractivity contribution in [2.24, 2.45) is 4.99 Å². The Morgan fingerprint density at radius 2 is 2.11 bits per heavy atom. The van der Waals surface area contributed by atoms with Crippen LogP contribution in [0.25, 0.3) is 0 Å². The van der Waals surface area contributed by atoms with Crippen molar-refractivity contribution < 1.29 is 9.90 Å². The van der Waals surface area contributed by atoms with Crippen LogP contribution in [-0.4, -0.2) is 43.9 Å². The van der Waals surface area contributed by atoms with Gasteiger partial charge in [-0.1, -0.05) is 0 Å². The number of amides is 1. The highest BCUT2D eigenvalue weighted by Crippen LogP contribution is 2.23. The van der Waals surface area contributed by atoms with Crippen LogP contribution in [0.15, 0.2) is 23.2 Å². The van der Waals surface area contributed by atoms with Crippen LogP contribution in [0.5, 0.6) is 5.75 Å². The van der Waals surface area contributed by atoms with E-state index in [1.54, 1.807) is 19.2 Å². The van der Waals surface area contributed by atoms with Gasteiger partial charge >= 0.3 is 0 Å². The summed E-state index contributed by atoms with van der Waals surface area (Å²) >= 11 is 0. The van der Waals surface area contributed by atoms with Crippen molar-refractivity contribution in [3.8, 4) is 5.75 Å². The molecule has 5 heteroatoms. The molecule has 1 amide bonds. The van der Waals surface area contributed by atoms with Gasteiger partial charge in [-0.05, 0) is 26.0 Å². The van der Waals surface area contributed by atoms with Gasteiger partial charge in [0, 0.05) is 43.7 Å². The van der Waals surface area contributed by atoms with E-state index >= 15 is 0 Å². The first-order valence-electron chi connectivity index (χ1n) is 6.40. The molecule has 0 aliphatic heterocycles. The number of nitrogens with one attached hydrogen (secondary N) is 1. The molecule has 0 saturated carbocycles. The van der Waals surface area contributed by atoms with Crippen LogP contribution in [0.2, 0.25) is 0 Å². The van der Waals surface area contributed by atoms with Gasteiger partial charge in [-0.3, -0.25) is 9.79 Å². The molecule has 0 heterocycles. The third-order valence-electron chi connectivity index (χ3n) is 2.89. The fourth-order valence-corrected chi connectivity index (χ4v) is 1.73. The van der Waals surface area contributed by atoms with Crippen LogP contribution < -0.4 is 10.2 Å². The monoisotopic (exact) mass is 263 g/mol. The lowest BCUT2D eigenvalue weighted by Crippen LogP contribution is -2.21. The van der Waals surface area contributed by atoms with E-state index in [2.05, 4.69) is 29.1 Å². The van der Waals surface area contributed by atoms with Crippen molar-refractivity contribution in [3.63, 3.8) is 0 Å². The Labute approximate surface area is 114 Å². The molecule has 2 N–H and O–H groups in total. The molecule has 1 rings (SSSR count). The minimum absolute atomic E-state index is 0.0632. The van der Waals surface area contributed by atoms with Gasteiger partial charge in [0.15, 0.2) is 0 Å². The summed E-state index contributed by atoms with van der Waals surface area (Å²) in [4.78, 5) is 17.1. The van der Waals surface area contributed by atoms with Gasteiger partial charge in [-0.25, -0.2) is 0 Å². The lowest BCUT2D eigenvalue weighted by atomic mass is 10.2. The third kappa shape index (κ3) is 4.28. The maximum Gasteiger partial charge on any atom is 0.241 e. The Morgan fingerprint density at radius 1 is 1.42 bits per heavy atom. The molecule has 0 aromatic heterocycles. The molecule has 19 heavy (non-hydrogen) atoms. The molecule has 0 bridgehead atoms. The summed E-state index contributed by atoms with van der Waals surface area (Å²) in [6.45, 7) is 5.98. The van der Waals surface area contributed by atoms with Crippen LogP contribution in [0, 0.1) is 0 Å². The van der Waals surface area contributed by atoms with Gasteiger partial charge < -0.3 is 15.3 Å². The summed E-state index contributed by atoms with van der Waals surface area (Å²) in [6.07, 6.45) is 1.51. The summed E-state index contributed by atoms with van der Waals surface area (Å²) in [5.74, 6) is 0.0144. The molecule has 0 atom stereocenters. The van der Waals surface area contributed by atoms with E-state index < -0.39 is 0 Å². The number of aromatic hydroxyl groups is 1. The highest BCUT2D eigenvalue weighted by Gasteiger charge is 2.05. The van der Waals surface area contributed by atoms with Crippen LogP contribution in [-0.2, 0) is 4.79 Å². The lowest BCUT2D eigenvalue weighted by Gasteiger charge is -2.21. The molecule has 1 aromatic carbocycles. The van der Waals surface area contributed by atoms with Crippen LogP contribution in [0.3, 0.4) is 0 Å². The van der Waals surface area contributed by atoms with Crippen molar-refractivity contribution in [2.75, 3.05) is 31.6 Å². The molecule has 0 aliphatic rings. The number of aliphatic imine (C=N–C) groups is 1. The Balaban J connectivity index is 2.80. The number of hydrogen-bond donors (Lipinski definition) is 2. The van der Waals surface area contributed by atoms with E-state index in [0.29, 0.717) is 5.56 Å². The molecule has 0 radical (unpaired) electrons. The molecule has 1 aromatic rings. The van der Waals surface area contributed by atoms with E-state index in [4.69, 9.17) is 0 Å². The maximum atomic E-state index is 11.0. The predicted molar refractivity (Wildman–Crippen MR) is 78.2 cm³/mol. The van der Waals surface area contributed by atoms with Gasteiger partial charge in [0.2, 0.25) is 5.91 Å². The number of benzene rings is 1. The fourth-order valence-electron chi connectivity index (χ4n) is 1.73. The second-order valence-electron chi connectivity index (χ2n) is 4.06. The van der Waals surface area contributed by atoms with E-state index in [1.165, 1.54) is 6.21 Å². The van der Waals surface area contributed by atoms with E-state index in [9.17, 15) is 9.90 Å². The topological polar surface area (TPSA) is 64.9 Å². The highest BCUT2D eigenvalue weighted by molar-refractivity contribution is 5.87. The number of likely N-dealkylation sites (N-methyl/N-ethyl adjacent to an activating group) is 1. The molecule has 0 unspecified atom stereocenters. The third-order valence-corrected chi connectivity index (χ3v) is 2.89. The molecule has 5 nitrogen and oxygen atoms in total. The molecule has 0 aliphatic carbocycles. The van der Waals surface area contributed by atoms with E-state index in [-0.39, 0.29) is 18.2 Å². The van der Waals surface area contributed by atoms with Gasteiger partial charge in [0.25, 0.3) is 0 Å². The normalized spacial score (nSPS) is 10.7. The Bertz CT molecular complexity index is 454. The second kappa shape index (κ2) is 7.41. The number of phenols is 1. The predicted octanol–water partition coefficient (Wildman–Crippen LogP) is 1.40. The van der Waals surface area contributed by atoms with Crippen molar-refractivity contribution in [1.29, 1.82) is 0 Å². The summed E-state index contributed by atoms with van der Waals surface area (Å²) in [7, 11) is 1.56. The van der Waals surface area contributed by atoms with Gasteiger partial charge in [-0.2, -0.15) is 0 Å². The summed E-state index contributed by atoms with van der Waals surface area (Å²) < 4.78 is 0. The average Bonchev–Trinajstić information content (AvgIpc) is 2.42. The van der Waals surface area contributed by atoms with Crippen molar-refractivity contribution in [1.82, 2.24) is 5.32 Å². The zero-order valence-electron chi connectivity index (χ0n) is 11.7. The van der Waals surface area contributed by atoms with Gasteiger partial charge in [0.05, 0.1) is 0 Å². The number of phenolic OH excluding ortho intramolecular Hbond substituents is 1. The maximum absolute atomic E-state index is 11.0. The lowest BCUT2D eigenvalue weighted by molar-refractivity contribution is -0.119. The highest BCUT2D eigenvalue weighted by atomic mass is 16.3. The molecular formula is C14H21N3O2. The SMILES string of the molecule is CCN(CC)c1ccc(C=NCC(=O)NC)c(O)c1. The number of anilines is 1. The fraction of sp³-hybridized carbons (Fsp3) is 0.429. The molecule has 0 spiro atoms. The van der Waals surface area contributed by atoms with Crippen LogP contribution in [0.1, 0.15) is 19.4 Å². The number of nitrogens with zero attached hydrogens (tertiary/aromatic N) is 2. The van der Waals surface area contributed by atoms with Crippen molar-refractivity contribution in [3.05, 3.63) is 23.8 Å². The first-order chi connectivity index (χ1) is 9.12. The minimum Gasteiger partial charge on any atom is -0.507 e. The van der Waals surface area contributed by atoms with Crippen molar-refractivity contribution >= 4 is 17.8 Å². The zero-order chi connectivity index (χ0) is 14.3. The first kappa shape index (κ1) is 15.0. The van der Waals surface area contributed by atoms with E-state index in [1.807, 2.05) is 6.07 Å². The van der Waals surface area contributed by atoms with E-state index in [0.717, 1.165) is 18.8 Å². The van der Waals surface area contributed by atoms with Gasteiger partial charge in [0.1, 0.15) is 12.3 Å². The molecule has 0 fully saturated rings. The molecular weight excluding hydrogens is 242 g/mol. The Morgan fingerprint density at radius 3 is 2.63 bits per heavy atom. The standard InChI is InChI=1S/C14H21N3O2/c1-4-17(5-2)12-7-6-11(13(18)8-12)9-16-10-14(19)15-3/h6-9,18H,4-5,10H2,1-3H3,(H,15,19). The zero-order valence-corrected chi connectivity index (χ0v) is 11.7.